The van der Waals surface area contributed by atoms with Crippen LogP contribution >= 0.6 is 0 Å². The topological polar surface area (TPSA) is 87.7 Å². The second-order valence-corrected chi connectivity index (χ2v) is 6.77. The lowest BCUT2D eigenvalue weighted by molar-refractivity contribution is -0.143. The van der Waals surface area contributed by atoms with E-state index in [1.165, 1.54) is 0 Å². The van der Waals surface area contributed by atoms with Gasteiger partial charge in [0, 0.05) is 11.7 Å². The molecule has 0 spiro atoms. The van der Waals surface area contributed by atoms with Gasteiger partial charge in [-0.15, -0.1) is 0 Å². The molecule has 3 N–H and O–H groups in total. The minimum atomic E-state index is -0.779. The number of aliphatic carboxylic acids is 1. The molecule has 0 bridgehead atoms. The lowest BCUT2D eigenvalue weighted by Gasteiger charge is -2.30. The molecule has 2 rings (SSSR count). The van der Waals surface area contributed by atoms with Crippen LogP contribution in [0.5, 0.6) is 0 Å². The van der Waals surface area contributed by atoms with E-state index >= 15 is 0 Å². The zero-order valence-electron chi connectivity index (χ0n) is 13.8. The molecule has 1 saturated heterocycles. The van der Waals surface area contributed by atoms with Crippen LogP contribution < -0.4 is 10.6 Å². The maximum atomic E-state index is 11.7. The molecule has 23 heavy (non-hydrogen) atoms. The molecule has 1 aromatic carbocycles. The Hall–Kier alpha value is -2.08. The van der Waals surface area contributed by atoms with Crippen LogP contribution in [0.15, 0.2) is 24.3 Å². The van der Waals surface area contributed by atoms with Crippen LogP contribution in [-0.2, 0) is 9.53 Å². The Morgan fingerprint density at radius 1 is 1.26 bits per heavy atom. The summed E-state index contributed by atoms with van der Waals surface area (Å²) in [6.07, 6.45) is 1.03. The predicted molar refractivity (Wildman–Crippen MR) is 87.4 cm³/mol. The predicted octanol–water partition coefficient (Wildman–Crippen LogP) is 3.16. The van der Waals surface area contributed by atoms with E-state index in [0.29, 0.717) is 12.1 Å². The SMILES string of the molecule is CC(C)(C)OC(=O)Nc1ccc(C2NCCCC2C(=O)O)cc1. The summed E-state index contributed by atoms with van der Waals surface area (Å²) in [5.41, 5.74) is 0.975. The van der Waals surface area contributed by atoms with Gasteiger partial charge in [0.25, 0.3) is 0 Å². The quantitative estimate of drug-likeness (QED) is 0.796. The molecule has 1 aromatic rings. The van der Waals surface area contributed by atoms with E-state index in [4.69, 9.17) is 4.74 Å². The lowest BCUT2D eigenvalue weighted by Crippen LogP contribution is -2.38. The fourth-order valence-electron chi connectivity index (χ4n) is 2.70. The van der Waals surface area contributed by atoms with E-state index in [2.05, 4.69) is 10.6 Å². The molecule has 6 heteroatoms. The number of benzene rings is 1. The normalized spacial score (nSPS) is 21.5. The fourth-order valence-corrected chi connectivity index (χ4v) is 2.70. The zero-order valence-corrected chi connectivity index (χ0v) is 13.8. The highest BCUT2D eigenvalue weighted by atomic mass is 16.6. The molecule has 6 nitrogen and oxygen atoms in total. The second-order valence-electron chi connectivity index (χ2n) is 6.77. The first kappa shape index (κ1) is 17.3. The molecule has 1 heterocycles. The summed E-state index contributed by atoms with van der Waals surface area (Å²) >= 11 is 0. The van der Waals surface area contributed by atoms with Crippen molar-refractivity contribution in [3.8, 4) is 0 Å². The largest absolute Gasteiger partial charge is 0.481 e. The molecular weight excluding hydrogens is 296 g/mol. The minimum absolute atomic E-state index is 0.197. The maximum Gasteiger partial charge on any atom is 0.412 e. The van der Waals surface area contributed by atoms with Crippen LogP contribution in [0.25, 0.3) is 0 Å². The van der Waals surface area contributed by atoms with Crippen molar-refractivity contribution in [2.24, 2.45) is 5.92 Å². The molecule has 1 amide bonds. The molecule has 1 aliphatic rings. The van der Waals surface area contributed by atoms with Gasteiger partial charge in [0.1, 0.15) is 5.60 Å². The molecule has 0 radical (unpaired) electrons. The first-order chi connectivity index (χ1) is 10.8. The highest BCUT2D eigenvalue weighted by molar-refractivity contribution is 5.84. The van der Waals surface area contributed by atoms with Gasteiger partial charge in [-0.05, 0) is 57.9 Å². The van der Waals surface area contributed by atoms with Crippen LogP contribution in [0.1, 0.15) is 45.2 Å². The van der Waals surface area contributed by atoms with Crippen molar-refractivity contribution in [1.82, 2.24) is 5.32 Å². The van der Waals surface area contributed by atoms with Crippen molar-refractivity contribution >= 4 is 17.7 Å². The molecule has 2 unspecified atom stereocenters. The second kappa shape index (κ2) is 7.00. The van der Waals surface area contributed by atoms with E-state index in [1.807, 2.05) is 12.1 Å². The third-order valence-corrected chi connectivity index (χ3v) is 3.69. The van der Waals surface area contributed by atoms with Crippen molar-refractivity contribution in [2.75, 3.05) is 11.9 Å². The smallest absolute Gasteiger partial charge is 0.412 e. The summed E-state index contributed by atoms with van der Waals surface area (Å²) in [6, 6.07) is 7.00. The Bertz CT molecular complexity index is 563. The van der Waals surface area contributed by atoms with Crippen molar-refractivity contribution < 1.29 is 19.4 Å². The number of anilines is 1. The maximum absolute atomic E-state index is 11.7. The van der Waals surface area contributed by atoms with Crippen molar-refractivity contribution in [2.45, 2.75) is 45.3 Å². The monoisotopic (exact) mass is 320 g/mol. The summed E-state index contributed by atoms with van der Waals surface area (Å²) in [5, 5.41) is 15.3. The van der Waals surface area contributed by atoms with Crippen LogP contribution in [0.2, 0.25) is 0 Å². The average molecular weight is 320 g/mol. The van der Waals surface area contributed by atoms with Crippen LogP contribution in [0, 0.1) is 5.92 Å². The summed E-state index contributed by atoms with van der Waals surface area (Å²) in [5.74, 6) is -1.20. The third-order valence-electron chi connectivity index (χ3n) is 3.69. The number of carbonyl (C=O) groups is 2. The first-order valence-corrected chi connectivity index (χ1v) is 7.82. The highest BCUT2D eigenvalue weighted by Gasteiger charge is 2.31. The molecule has 2 atom stereocenters. The van der Waals surface area contributed by atoms with Gasteiger partial charge < -0.3 is 15.2 Å². The molecule has 126 valence electrons. The van der Waals surface area contributed by atoms with Crippen LogP contribution in [-0.4, -0.2) is 29.3 Å². The number of carboxylic acid groups (broad SMARTS) is 1. The molecule has 1 fully saturated rings. The molecular formula is C17H24N2O4. The number of piperidine rings is 1. The van der Waals surface area contributed by atoms with Gasteiger partial charge >= 0.3 is 12.1 Å². The molecule has 0 aromatic heterocycles. The van der Waals surface area contributed by atoms with Gasteiger partial charge in [0.15, 0.2) is 0 Å². The Balaban J connectivity index is 2.04. The average Bonchev–Trinajstić information content (AvgIpc) is 2.46. The van der Waals surface area contributed by atoms with Crippen molar-refractivity contribution in [3.05, 3.63) is 29.8 Å². The van der Waals surface area contributed by atoms with Gasteiger partial charge in [-0.25, -0.2) is 4.79 Å². The number of ether oxygens (including phenoxy) is 1. The number of nitrogens with one attached hydrogen (secondary N) is 2. The Kier molecular flexibility index (Phi) is 5.26. The van der Waals surface area contributed by atoms with Crippen molar-refractivity contribution in [1.29, 1.82) is 0 Å². The zero-order chi connectivity index (χ0) is 17.0. The number of hydrogen-bond donors (Lipinski definition) is 3. The van der Waals surface area contributed by atoms with Gasteiger partial charge in [-0.3, -0.25) is 10.1 Å². The van der Waals surface area contributed by atoms with E-state index in [1.54, 1.807) is 32.9 Å². The number of carbonyl (C=O) groups excluding carboxylic acids is 1. The Morgan fingerprint density at radius 3 is 2.48 bits per heavy atom. The van der Waals surface area contributed by atoms with Crippen LogP contribution in [0.3, 0.4) is 0 Å². The summed E-state index contributed by atoms with van der Waals surface area (Å²) < 4.78 is 5.20. The van der Waals surface area contributed by atoms with E-state index in [9.17, 15) is 14.7 Å². The van der Waals surface area contributed by atoms with E-state index < -0.39 is 23.6 Å². The Morgan fingerprint density at radius 2 is 1.91 bits per heavy atom. The Labute approximate surface area is 136 Å². The first-order valence-electron chi connectivity index (χ1n) is 7.82. The lowest BCUT2D eigenvalue weighted by atomic mass is 9.86. The van der Waals surface area contributed by atoms with Gasteiger partial charge in [-0.2, -0.15) is 0 Å². The third kappa shape index (κ3) is 4.96. The van der Waals surface area contributed by atoms with Gasteiger partial charge in [0.2, 0.25) is 0 Å². The number of hydrogen-bond acceptors (Lipinski definition) is 4. The standard InChI is InChI=1S/C17H24N2O4/c1-17(2,3)23-16(22)19-12-8-6-11(7-9-12)14-13(15(20)21)5-4-10-18-14/h6-9,13-14,18H,4-5,10H2,1-3H3,(H,19,22)(H,20,21). The van der Waals surface area contributed by atoms with Gasteiger partial charge in [-0.1, -0.05) is 12.1 Å². The summed E-state index contributed by atoms with van der Waals surface area (Å²) in [7, 11) is 0. The highest BCUT2D eigenvalue weighted by Crippen LogP contribution is 2.30. The number of rotatable bonds is 3. The molecule has 0 aliphatic carbocycles. The summed E-state index contributed by atoms with van der Waals surface area (Å²) in [6.45, 7) is 6.22. The van der Waals surface area contributed by atoms with Gasteiger partial charge in [0.05, 0.1) is 5.92 Å². The molecule has 1 aliphatic heterocycles. The van der Waals surface area contributed by atoms with E-state index in [-0.39, 0.29) is 6.04 Å². The number of amides is 1. The molecule has 0 saturated carbocycles. The van der Waals surface area contributed by atoms with Crippen LogP contribution in [0.4, 0.5) is 10.5 Å². The van der Waals surface area contributed by atoms with Crippen molar-refractivity contribution in [3.63, 3.8) is 0 Å². The summed E-state index contributed by atoms with van der Waals surface area (Å²) in [4.78, 5) is 23.1. The van der Waals surface area contributed by atoms with E-state index in [0.717, 1.165) is 18.5 Å². The fraction of sp³-hybridized carbons (Fsp3) is 0.529. The minimum Gasteiger partial charge on any atom is -0.481 e. The number of carboxylic acids is 1.